The number of amides is 2. The van der Waals surface area contributed by atoms with Gasteiger partial charge in [-0.2, -0.15) is 0 Å². The molecule has 0 spiro atoms. The van der Waals surface area contributed by atoms with Gasteiger partial charge in [0.25, 0.3) is 0 Å². The van der Waals surface area contributed by atoms with Gasteiger partial charge in [0.05, 0.1) is 11.4 Å². The number of aromatic hydroxyl groups is 1. The van der Waals surface area contributed by atoms with Gasteiger partial charge in [0.2, 0.25) is 5.91 Å². The van der Waals surface area contributed by atoms with E-state index in [1.54, 1.807) is 60.3 Å². The predicted octanol–water partition coefficient (Wildman–Crippen LogP) is 6.96. The van der Waals surface area contributed by atoms with Gasteiger partial charge >= 0.3 is 6.09 Å². The number of allylic oxidation sites excluding steroid dienone is 1. The van der Waals surface area contributed by atoms with Crippen LogP contribution in [0.15, 0.2) is 83.8 Å². The Hall–Kier alpha value is -3.18. The summed E-state index contributed by atoms with van der Waals surface area (Å²) in [7, 11) is 0. The molecule has 7 nitrogen and oxygen atoms in total. The molecular weight excluding hydrogens is 589 g/mol. The van der Waals surface area contributed by atoms with Crippen LogP contribution in [0.1, 0.15) is 30.9 Å². The Balaban J connectivity index is 1.59. The van der Waals surface area contributed by atoms with E-state index in [4.69, 9.17) is 10.5 Å². The molecule has 0 bridgehead atoms. The Morgan fingerprint density at radius 2 is 1.86 bits per heavy atom. The second-order valence-electron chi connectivity index (χ2n) is 7.86. The first-order chi connectivity index (χ1) is 17.4. The van der Waals surface area contributed by atoms with Crippen molar-refractivity contribution in [1.82, 2.24) is 0 Å². The highest BCUT2D eigenvalue weighted by Gasteiger charge is 2.20. The highest BCUT2D eigenvalue weighted by molar-refractivity contribution is 14.1. The third-order valence-electron chi connectivity index (χ3n) is 5.25. The summed E-state index contributed by atoms with van der Waals surface area (Å²) >= 11 is 3.76. The maximum Gasteiger partial charge on any atom is 0.412 e. The van der Waals surface area contributed by atoms with Gasteiger partial charge in [-0.25, -0.2) is 4.79 Å². The van der Waals surface area contributed by atoms with Crippen molar-refractivity contribution < 1.29 is 19.4 Å². The minimum absolute atomic E-state index is 0.0629. The number of unbranched alkanes of at least 4 members (excludes halogenated alkanes) is 1. The number of ether oxygens (including phenoxy) is 1. The zero-order chi connectivity index (χ0) is 25.9. The summed E-state index contributed by atoms with van der Waals surface area (Å²) in [4.78, 5) is 25.9. The number of thioether (sulfide) groups is 1. The molecule has 0 saturated heterocycles. The van der Waals surface area contributed by atoms with Crippen LogP contribution in [0, 0.1) is 3.57 Å². The topological polar surface area (TPSA) is 114 Å². The molecule has 0 radical (unpaired) electrons. The lowest BCUT2D eigenvalue weighted by molar-refractivity contribution is -0.111. The predicted molar refractivity (Wildman–Crippen MR) is 154 cm³/mol. The standard InChI is InChI=1S/C27H28IN3O4S/c1-36-20-14-12-19(13-15-20)30-27(34)35-25(21-17-18(28)11-16-24(21)32)9-3-2-4-10-26(33)31-23-8-6-5-7-22(23)29/h4-8,10-17,25,32H,2-3,9,29H2,1H3,(H,30,34)(H,31,33)/b10-4+/t25-/m1/s1. The summed E-state index contributed by atoms with van der Waals surface area (Å²) in [5.41, 5.74) is 8.06. The number of phenolic OH excluding ortho intramolecular Hbond substituents is 1. The quantitative estimate of drug-likeness (QED) is 0.0644. The van der Waals surface area contributed by atoms with Crippen molar-refractivity contribution in [3.05, 3.63) is 88.0 Å². The van der Waals surface area contributed by atoms with Crippen LogP contribution >= 0.6 is 34.4 Å². The number of hydrogen-bond donors (Lipinski definition) is 4. The van der Waals surface area contributed by atoms with Gasteiger partial charge in [-0.1, -0.05) is 18.2 Å². The third-order valence-corrected chi connectivity index (χ3v) is 6.66. The number of anilines is 3. The fraction of sp³-hybridized carbons (Fsp3) is 0.185. The van der Waals surface area contributed by atoms with Crippen molar-refractivity contribution in [2.75, 3.05) is 22.6 Å². The van der Waals surface area contributed by atoms with Gasteiger partial charge in [0, 0.05) is 19.7 Å². The van der Waals surface area contributed by atoms with E-state index in [0.29, 0.717) is 41.9 Å². The highest BCUT2D eigenvalue weighted by atomic mass is 127. The van der Waals surface area contributed by atoms with Crippen LogP contribution < -0.4 is 16.4 Å². The molecule has 3 aromatic carbocycles. The molecule has 0 aliphatic carbocycles. The smallest absolute Gasteiger partial charge is 0.412 e. The van der Waals surface area contributed by atoms with Gasteiger partial charge in [-0.3, -0.25) is 10.1 Å². The minimum atomic E-state index is -0.656. The van der Waals surface area contributed by atoms with Crippen LogP contribution in [-0.2, 0) is 9.53 Å². The van der Waals surface area contributed by atoms with Gasteiger partial charge in [0.15, 0.2) is 0 Å². The molecular formula is C27H28IN3O4S. The molecule has 5 N–H and O–H groups in total. The van der Waals surface area contributed by atoms with E-state index < -0.39 is 12.2 Å². The number of carbonyl (C=O) groups excluding carboxylic acids is 2. The number of nitrogens with one attached hydrogen (secondary N) is 2. The molecule has 0 aliphatic heterocycles. The third kappa shape index (κ3) is 8.49. The Morgan fingerprint density at radius 1 is 1.11 bits per heavy atom. The summed E-state index contributed by atoms with van der Waals surface area (Å²) < 4.78 is 6.63. The maximum absolute atomic E-state index is 12.6. The van der Waals surface area contributed by atoms with Crippen molar-refractivity contribution >= 4 is 63.4 Å². The molecule has 0 unspecified atom stereocenters. The van der Waals surface area contributed by atoms with Crippen LogP contribution in [0.25, 0.3) is 0 Å². The highest BCUT2D eigenvalue weighted by Crippen LogP contribution is 2.32. The SMILES string of the molecule is CSc1ccc(NC(=O)O[C@H](CCC/C=C/C(=O)Nc2ccccc2N)c2cc(I)ccc2O)cc1. The normalized spacial score (nSPS) is 11.7. The van der Waals surface area contributed by atoms with Crippen molar-refractivity contribution in [2.24, 2.45) is 0 Å². The molecule has 3 rings (SSSR count). The first kappa shape index (κ1) is 27.4. The van der Waals surface area contributed by atoms with Crippen LogP contribution in [-0.4, -0.2) is 23.4 Å². The van der Waals surface area contributed by atoms with Crippen molar-refractivity contribution in [3.63, 3.8) is 0 Å². The largest absolute Gasteiger partial charge is 0.508 e. The van der Waals surface area contributed by atoms with Crippen molar-refractivity contribution in [3.8, 4) is 5.75 Å². The fourth-order valence-electron chi connectivity index (χ4n) is 3.41. The summed E-state index contributed by atoms with van der Waals surface area (Å²) in [5.74, 6) is -0.212. The molecule has 1 atom stereocenters. The molecule has 0 aliphatic rings. The summed E-state index contributed by atoms with van der Waals surface area (Å²) in [6.45, 7) is 0. The van der Waals surface area contributed by atoms with Gasteiger partial charge < -0.3 is 20.9 Å². The van der Waals surface area contributed by atoms with E-state index >= 15 is 0 Å². The zero-order valence-corrected chi connectivity index (χ0v) is 22.7. The van der Waals surface area contributed by atoms with Crippen LogP contribution in [0.4, 0.5) is 21.9 Å². The number of nitrogen functional groups attached to an aromatic ring is 1. The zero-order valence-electron chi connectivity index (χ0n) is 19.7. The lowest BCUT2D eigenvalue weighted by Gasteiger charge is -2.20. The minimum Gasteiger partial charge on any atom is -0.508 e. The molecule has 0 fully saturated rings. The van der Waals surface area contributed by atoms with E-state index in [-0.39, 0.29) is 11.7 Å². The summed E-state index contributed by atoms with van der Waals surface area (Å²) in [6.07, 6.45) is 5.61. The van der Waals surface area contributed by atoms with E-state index in [0.717, 1.165) is 8.47 Å². The summed E-state index contributed by atoms with van der Waals surface area (Å²) in [5, 5.41) is 15.9. The van der Waals surface area contributed by atoms with Crippen molar-refractivity contribution in [1.29, 1.82) is 0 Å². The maximum atomic E-state index is 12.6. The van der Waals surface area contributed by atoms with Crippen LogP contribution in [0.2, 0.25) is 0 Å². The Kier molecular flexibility index (Phi) is 10.5. The number of benzene rings is 3. The number of rotatable bonds is 10. The number of para-hydroxylation sites is 2. The fourth-order valence-corrected chi connectivity index (χ4v) is 4.33. The Labute approximate surface area is 228 Å². The molecule has 0 aromatic heterocycles. The number of carbonyl (C=O) groups is 2. The van der Waals surface area contributed by atoms with E-state index in [1.807, 2.05) is 30.5 Å². The molecule has 0 heterocycles. The van der Waals surface area contributed by atoms with E-state index in [1.165, 1.54) is 6.08 Å². The number of phenols is 1. The van der Waals surface area contributed by atoms with Gasteiger partial charge in [-0.15, -0.1) is 11.8 Å². The van der Waals surface area contributed by atoms with E-state index in [9.17, 15) is 14.7 Å². The van der Waals surface area contributed by atoms with Crippen LogP contribution in [0.3, 0.4) is 0 Å². The Morgan fingerprint density at radius 3 is 2.58 bits per heavy atom. The monoisotopic (exact) mass is 617 g/mol. The molecule has 3 aromatic rings. The first-order valence-electron chi connectivity index (χ1n) is 11.3. The average molecular weight is 618 g/mol. The van der Waals surface area contributed by atoms with Gasteiger partial charge in [-0.05, 0) is 109 Å². The number of halogens is 1. The number of hydrogen-bond acceptors (Lipinski definition) is 6. The van der Waals surface area contributed by atoms with Crippen molar-refractivity contribution in [2.45, 2.75) is 30.3 Å². The summed E-state index contributed by atoms with van der Waals surface area (Å²) in [6, 6.07) is 19.7. The van der Waals surface area contributed by atoms with E-state index in [2.05, 4.69) is 33.2 Å². The van der Waals surface area contributed by atoms with Gasteiger partial charge in [0.1, 0.15) is 11.9 Å². The molecule has 2 amide bonds. The lowest BCUT2D eigenvalue weighted by Crippen LogP contribution is -2.18. The number of nitrogens with two attached hydrogens (primary N) is 1. The molecule has 0 saturated carbocycles. The molecule has 188 valence electrons. The Bertz CT molecular complexity index is 1220. The lowest BCUT2D eigenvalue weighted by atomic mass is 10.0. The molecule has 9 heteroatoms. The second-order valence-corrected chi connectivity index (χ2v) is 9.99. The average Bonchev–Trinajstić information content (AvgIpc) is 2.86. The molecule has 36 heavy (non-hydrogen) atoms. The van der Waals surface area contributed by atoms with Crippen LogP contribution in [0.5, 0.6) is 5.75 Å². The first-order valence-corrected chi connectivity index (χ1v) is 13.6. The second kappa shape index (κ2) is 13.8.